The molecule has 0 spiro atoms. The molecule has 4 N–H and O–H groups in total. The molecular weight excluding hydrogens is 587 g/mol. The van der Waals surface area contributed by atoms with Crippen molar-refractivity contribution in [2.75, 3.05) is 39.9 Å². The SMILES string of the molecule is COc1ccc(C2(C(=O)N3CCNCC3)NC(c3ccc(Cl)cc3)C(c3ccc(Cl)cc3)N2)c(OCCc2ncc[nH]2)c1. The largest absolute Gasteiger partial charge is 0.497 e. The van der Waals surface area contributed by atoms with Gasteiger partial charge < -0.3 is 24.7 Å². The molecular formula is C32H34Cl2N6O3. The zero-order valence-corrected chi connectivity index (χ0v) is 25.3. The summed E-state index contributed by atoms with van der Waals surface area (Å²) in [7, 11) is 1.61. The number of rotatable bonds is 9. The van der Waals surface area contributed by atoms with E-state index in [4.69, 9.17) is 32.7 Å². The third-order valence-electron chi connectivity index (χ3n) is 8.00. The molecule has 0 aliphatic carbocycles. The van der Waals surface area contributed by atoms with Crippen molar-refractivity contribution in [2.45, 2.75) is 24.2 Å². The van der Waals surface area contributed by atoms with Crippen LogP contribution in [0.3, 0.4) is 0 Å². The van der Waals surface area contributed by atoms with E-state index < -0.39 is 5.66 Å². The number of carbonyl (C=O) groups is 1. The summed E-state index contributed by atoms with van der Waals surface area (Å²) in [4.78, 5) is 24.1. The highest BCUT2D eigenvalue weighted by atomic mass is 35.5. The smallest absolute Gasteiger partial charge is 0.262 e. The second-order valence-electron chi connectivity index (χ2n) is 10.6. The number of imidazole rings is 1. The van der Waals surface area contributed by atoms with E-state index in [1.54, 1.807) is 19.5 Å². The lowest BCUT2D eigenvalue weighted by molar-refractivity contribution is -0.140. The maximum absolute atomic E-state index is 14.8. The molecule has 4 aromatic rings. The highest BCUT2D eigenvalue weighted by Crippen LogP contribution is 2.45. The van der Waals surface area contributed by atoms with E-state index in [2.05, 4.69) is 25.9 Å². The number of aromatic amines is 1. The Morgan fingerprint density at radius 1 is 0.953 bits per heavy atom. The van der Waals surface area contributed by atoms with E-state index in [-0.39, 0.29) is 18.0 Å². The van der Waals surface area contributed by atoms with Crippen molar-refractivity contribution in [3.05, 3.63) is 112 Å². The first-order chi connectivity index (χ1) is 21.0. The van der Waals surface area contributed by atoms with Gasteiger partial charge in [-0.1, -0.05) is 47.5 Å². The second-order valence-corrected chi connectivity index (χ2v) is 11.5. The summed E-state index contributed by atoms with van der Waals surface area (Å²) >= 11 is 12.6. The summed E-state index contributed by atoms with van der Waals surface area (Å²) in [6.07, 6.45) is 4.07. The first-order valence-corrected chi connectivity index (χ1v) is 15.1. The lowest BCUT2D eigenvalue weighted by atomic mass is 9.95. The van der Waals surface area contributed by atoms with Crippen molar-refractivity contribution >= 4 is 29.1 Å². The van der Waals surface area contributed by atoms with Crippen LogP contribution in [0.25, 0.3) is 0 Å². The number of amides is 1. The number of nitrogens with one attached hydrogen (secondary N) is 4. The molecule has 1 aromatic heterocycles. The quantitative estimate of drug-likeness (QED) is 0.217. The fourth-order valence-corrected chi connectivity index (χ4v) is 6.07. The molecule has 2 aliphatic heterocycles. The topological polar surface area (TPSA) is 104 Å². The van der Waals surface area contributed by atoms with E-state index in [0.29, 0.717) is 53.2 Å². The Balaban J connectivity index is 1.46. The van der Waals surface area contributed by atoms with Gasteiger partial charge in [-0.05, 0) is 47.5 Å². The Morgan fingerprint density at radius 2 is 1.58 bits per heavy atom. The summed E-state index contributed by atoms with van der Waals surface area (Å²) in [5.74, 6) is 1.91. The van der Waals surface area contributed by atoms with Gasteiger partial charge in [0.1, 0.15) is 17.3 Å². The van der Waals surface area contributed by atoms with Crippen molar-refractivity contribution in [2.24, 2.45) is 0 Å². The Morgan fingerprint density at radius 3 is 2.14 bits per heavy atom. The van der Waals surface area contributed by atoms with Gasteiger partial charge in [0.2, 0.25) is 0 Å². The first-order valence-electron chi connectivity index (χ1n) is 14.3. The molecule has 2 aliphatic rings. The highest BCUT2D eigenvalue weighted by Gasteiger charge is 2.54. The number of hydrogen-bond acceptors (Lipinski definition) is 7. The van der Waals surface area contributed by atoms with Gasteiger partial charge in [-0.15, -0.1) is 0 Å². The van der Waals surface area contributed by atoms with Gasteiger partial charge in [0.05, 0.1) is 25.8 Å². The normalized spacial score (nSPS) is 22.0. The van der Waals surface area contributed by atoms with Crippen LogP contribution in [0.2, 0.25) is 10.0 Å². The van der Waals surface area contributed by atoms with Crippen molar-refractivity contribution in [1.82, 2.24) is 30.8 Å². The van der Waals surface area contributed by atoms with Crippen LogP contribution < -0.4 is 25.4 Å². The maximum Gasteiger partial charge on any atom is 0.262 e. The minimum Gasteiger partial charge on any atom is -0.497 e. The molecule has 9 nitrogen and oxygen atoms in total. The van der Waals surface area contributed by atoms with Gasteiger partial charge in [0.15, 0.2) is 5.66 Å². The van der Waals surface area contributed by atoms with Crippen molar-refractivity contribution in [3.8, 4) is 11.5 Å². The Hall–Kier alpha value is -3.60. The van der Waals surface area contributed by atoms with Gasteiger partial charge in [0, 0.05) is 66.7 Å². The minimum atomic E-state index is -1.32. The number of carbonyl (C=O) groups excluding carboxylic acids is 1. The van der Waals surface area contributed by atoms with E-state index in [9.17, 15) is 4.79 Å². The molecule has 0 bridgehead atoms. The number of piperazine rings is 1. The Bertz CT molecular complexity index is 1470. The van der Waals surface area contributed by atoms with Crippen LogP contribution in [0.15, 0.2) is 79.1 Å². The van der Waals surface area contributed by atoms with E-state index in [0.717, 1.165) is 30.0 Å². The van der Waals surface area contributed by atoms with Gasteiger partial charge in [-0.2, -0.15) is 0 Å². The van der Waals surface area contributed by atoms with Crippen molar-refractivity contribution < 1.29 is 14.3 Å². The molecule has 2 saturated heterocycles. The zero-order valence-electron chi connectivity index (χ0n) is 23.8. The third kappa shape index (κ3) is 6.23. The van der Waals surface area contributed by atoms with Crippen LogP contribution in [-0.2, 0) is 16.9 Å². The summed E-state index contributed by atoms with van der Waals surface area (Å²) in [6, 6.07) is 20.5. The molecule has 1 amide bonds. The van der Waals surface area contributed by atoms with Crippen LogP contribution in [-0.4, -0.2) is 60.7 Å². The molecule has 2 atom stereocenters. The standard InChI is InChI=1S/C32H34Cl2N6O3/c1-42-25-10-11-26(27(20-25)43-19-12-28-36-13-14-37-28)32(31(41)40-17-15-35-16-18-40)38-29(21-2-6-23(33)7-3-21)30(39-32)22-4-8-24(34)9-5-22/h2-11,13-14,20,29-30,35,38-39H,12,15-19H2,1H3,(H,36,37). The van der Waals surface area contributed by atoms with Crippen LogP contribution in [0.1, 0.15) is 34.6 Å². The van der Waals surface area contributed by atoms with Crippen LogP contribution in [0.4, 0.5) is 0 Å². The second kappa shape index (κ2) is 13.0. The number of H-pyrrole nitrogens is 1. The fourth-order valence-electron chi connectivity index (χ4n) is 5.82. The van der Waals surface area contributed by atoms with E-state index >= 15 is 0 Å². The summed E-state index contributed by atoms with van der Waals surface area (Å²) < 4.78 is 12.0. The predicted octanol–water partition coefficient (Wildman–Crippen LogP) is 4.61. The maximum atomic E-state index is 14.8. The predicted molar refractivity (Wildman–Crippen MR) is 167 cm³/mol. The number of methoxy groups -OCH3 is 1. The van der Waals surface area contributed by atoms with E-state index in [1.165, 1.54) is 0 Å². The molecule has 0 radical (unpaired) electrons. The fraction of sp³-hybridized carbons (Fsp3) is 0.312. The van der Waals surface area contributed by atoms with Crippen LogP contribution in [0, 0.1) is 0 Å². The molecule has 224 valence electrons. The minimum absolute atomic E-state index is 0.0783. The molecule has 3 aromatic carbocycles. The summed E-state index contributed by atoms with van der Waals surface area (Å²) in [5, 5.41) is 12.2. The zero-order chi connectivity index (χ0) is 29.8. The summed E-state index contributed by atoms with van der Waals surface area (Å²) in [6.45, 7) is 2.97. The lowest BCUT2D eigenvalue weighted by Crippen LogP contribution is -2.61. The lowest BCUT2D eigenvalue weighted by Gasteiger charge is -2.38. The monoisotopic (exact) mass is 620 g/mol. The van der Waals surface area contributed by atoms with Crippen LogP contribution in [0.5, 0.6) is 11.5 Å². The summed E-state index contributed by atoms with van der Waals surface area (Å²) in [5.41, 5.74) is 1.33. The molecule has 43 heavy (non-hydrogen) atoms. The van der Waals surface area contributed by atoms with E-state index in [1.807, 2.05) is 71.6 Å². The van der Waals surface area contributed by atoms with Crippen molar-refractivity contribution in [3.63, 3.8) is 0 Å². The molecule has 0 saturated carbocycles. The molecule has 2 fully saturated rings. The Labute approximate surface area is 260 Å². The number of hydrogen-bond donors (Lipinski definition) is 4. The highest BCUT2D eigenvalue weighted by molar-refractivity contribution is 6.30. The number of aromatic nitrogens is 2. The average molecular weight is 622 g/mol. The number of ether oxygens (including phenoxy) is 2. The molecule has 6 rings (SSSR count). The van der Waals surface area contributed by atoms with Gasteiger partial charge >= 0.3 is 0 Å². The number of nitrogens with zero attached hydrogens (tertiary/aromatic N) is 2. The van der Waals surface area contributed by atoms with Crippen molar-refractivity contribution in [1.29, 1.82) is 0 Å². The molecule has 3 heterocycles. The Kier molecular flexibility index (Phi) is 8.88. The average Bonchev–Trinajstić information content (AvgIpc) is 3.71. The van der Waals surface area contributed by atoms with Gasteiger partial charge in [0.25, 0.3) is 5.91 Å². The third-order valence-corrected chi connectivity index (χ3v) is 8.51. The van der Waals surface area contributed by atoms with Crippen LogP contribution >= 0.6 is 23.2 Å². The van der Waals surface area contributed by atoms with Gasteiger partial charge in [-0.3, -0.25) is 15.4 Å². The molecule has 2 unspecified atom stereocenters. The number of halogens is 2. The first kappa shape index (κ1) is 29.5. The molecule has 11 heteroatoms. The van der Waals surface area contributed by atoms with Gasteiger partial charge in [-0.25, -0.2) is 4.98 Å². The number of benzene rings is 3.